The van der Waals surface area contributed by atoms with Gasteiger partial charge in [-0.15, -0.1) is 0 Å². The number of rotatable bonds is 4. The maximum absolute atomic E-state index is 10.9. The highest BCUT2D eigenvalue weighted by atomic mass is 32.2. The molecule has 0 amide bonds. The fourth-order valence-electron chi connectivity index (χ4n) is 1.30. The minimum atomic E-state index is -0.435. The largest absolute Gasteiger partial charge is 0.373 e. The molecule has 0 aliphatic carbocycles. The summed E-state index contributed by atoms with van der Waals surface area (Å²) in [6, 6.07) is 6.58. The van der Waals surface area contributed by atoms with Gasteiger partial charge in [0.25, 0.3) is 0 Å². The average molecular weight is 262 g/mol. The highest BCUT2D eigenvalue weighted by molar-refractivity contribution is 7.99. The molecule has 7 heteroatoms. The van der Waals surface area contributed by atoms with E-state index in [0.29, 0.717) is 10.8 Å². The number of nitro groups is 1. The van der Waals surface area contributed by atoms with Crippen molar-refractivity contribution in [2.45, 2.75) is 9.92 Å². The van der Waals surface area contributed by atoms with E-state index in [2.05, 4.69) is 15.3 Å². The van der Waals surface area contributed by atoms with E-state index in [4.69, 9.17) is 0 Å². The van der Waals surface area contributed by atoms with E-state index in [-0.39, 0.29) is 5.69 Å². The van der Waals surface area contributed by atoms with Crippen LogP contribution in [-0.4, -0.2) is 21.9 Å². The molecular weight excluding hydrogens is 252 g/mol. The first kappa shape index (κ1) is 12.3. The molecule has 1 N–H and O–H groups in total. The summed E-state index contributed by atoms with van der Waals surface area (Å²) in [7, 11) is 1.72. The third-order valence-electron chi connectivity index (χ3n) is 2.16. The summed E-state index contributed by atoms with van der Waals surface area (Å²) in [6.07, 6.45) is 3.27. The predicted octanol–water partition coefficient (Wildman–Crippen LogP) is 2.58. The first-order valence-corrected chi connectivity index (χ1v) is 5.93. The van der Waals surface area contributed by atoms with Gasteiger partial charge < -0.3 is 5.32 Å². The SMILES string of the molecule is CNc1ccc([N+](=O)[O-])c(Sc2ccncc2)n1. The van der Waals surface area contributed by atoms with Crippen molar-refractivity contribution in [3.05, 3.63) is 46.8 Å². The molecule has 0 fully saturated rings. The molecule has 0 aromatic carbocycles. The van der Waals surface area contributed by atoms with Crippen molar-refractivity contribution in [1.82, 2.24) is 9.97 Å². The van der Waals surface area contributed by atoms with Gasteiger partial charge in [-0.25, -0.2) is 4.98 Å². The number of pyridine rings is 2. The molecule has 0 aliphatic heterocycles. The van der Waals surface area contributed by atoms with Gasteiger partial charge in [-0.1, -0.05) is 11.8 Å². The highest BCUT2D eigenvalue weighted by Gasteiger charge is 2.16. The van der Waals surface area contributed by atoms with E-state index in [9.17, 15) is 10.1 Å². The number of aromatic nitrogens is 2. The van der Waals surface area contributed by atoms with E-state index in [0.717, 1.165) is 4.90 Å². The summed E-state index contributed by atoms with van der Waals surface area (Å²) >= 11 is 1.24. The Hall–Kier alpha value is -2.15. The van der Waals surface area contributed by atoms with Crippen LogP contribution in [0.25, 0.3) is 0 Å². The predicted molar refractivity (Wildman–Crippen MR) is 68.8 cm³/mol. The van der Waals surface area contributed by atoms with Crippen molar-refractivity contribution < 1.29 is 4.92 Å². The number of hydrogen-bond donors (Lipinski definition) is 1. The second-order valence-corrected chi connectivity index (χ2v) is 4.38. The first-order valence-electron chi connectivity index (χ1n) is 5.12. The van der Waals surface area contributed by atoms with Crippen molar-refractivity contribution in [3.63, 3.8) is 0 Å². The van der Waals surface area contributed by atoms with E-state index < -0.39 is 4.92 Å². The second-order valence-electron chi connectivity index (χ2n) is 3.31. The standard InChI is InChI=1S/C11H10N4O2S/c1-12-10-3-2-9(15(16)17)11(14-10)18-8-4-6-13-7-5-8/h2-7H,1H3,(H,12,14). The monoisotopic (exact) mass is 262 g/mol. The molecule has 18 heavy (non-hydrogen) atoms. The molecular formula is C11H10N4O2S. The number of hydrogen-bond acceptors (Lipinski definition) is 6. The van der Waals surface area contributed by atoms with Crippen molar-refractivity contribution in [2.75, 3.05) is 12.4 Å². The normalized spacial score (nSPS) is 10.1. The highest BCUT2D eigenvalue weighted by Crippen LogP contribution is 2.33. The van der Waals surface area contributed by atoms with Crippen molar-refractivity contribution >= 4 is 23.3 Å². The average Bonchev–Trinajstić information content (AvgIpc) is 2.39. The van der Waals surface area contributed by atoms with Crippen molar-refractivity contribution in [2.24, 2.45) is 0 Å². The van der Waals surface area contributed by atoms with Gasteiger partial charge in [-0.3, -0.25) is 15.1 Å². The van der Waals surface area contributed by atoms with Gasteiger partial charge >= 0.3 is 5.69 Å². The van der Waals surface area contributed by atoms with Gasteiger partial charge in [0.15, 0.2) is 5.03 Å². The molecule has 2 aromatic heterocycles. The van der Waals surface area contributed by atoms with Gasteiger partial charge in [0.1, 0.15) is 5.82 Å². The summed E-state index contributed by atoms with van der Waals surface area (Å²) in [5.41, 5.74) is -0.00388. The van der Waals surface area contributed by atoms with Crippen molar-refractivity contribution in [3.8, 4) is 0 Å². The lowest BCUT2D eigenvalue weighted by molar-refractivity contribution is -0.388. The Kier molecular flexibility index (Phi) is 3.73. The molecule has 2 aromatic rings. The van der Waals surface area contributed by atoms with Crippen LogP contribution in [0.2, 0.25) is 0 Å². The quantitative estimate of drug-likeness (QED) is 0.673. The Labute approximate surface area is 108 Å². The minimum absolute atomic E-state index is 0.00388. The molecule has 2 heterocycles. The van der Waals surface area contributed by atoms with Crippen LogP contribution < -0.4 is 5.32 Å². The second kappa shape index (κ2) is 5.46. The summed E-state index contributed by atoms with van der Waals surface area (Å²) in [4.78, 5) is 19.4. The maximum atomic E-state index is 10.9. The van der Waals surface area contributed by atoms with Crippen LogP contribution in [0.5, 0.6) is 0 Å². The van der Waals surface area contributed by atoms with E-state index >= 15 is 0 Å². The van der Waals surface area contributed by atoms with Crippen molar-refractivity contribution in [1.29, 1.82) is 0 Å². The molecule has 92 valence electrons. The number of anilines is 1. The van der Waals surface area contributed by atoms with Crippen LogP contribution in [-0.2, 0) is 0 Å². The van der Waals surface area contributed by atoms with Gasteiger partial charge in [0, 0.05) is 30.4 Å². The third-order valence-corrected chi connectivity index (χ3v) is 3.16. The Morgan fingerprint density at radius 3 is 2.61 bits per heavy atom. The molecule has 2 rings (SSSR count). The lowest BCUT2D eigenvalue weighted by atomic mass is 10.4. The fourth-order valence-corrected chi connectivity index (χ4v) is 2.18. The zero-order chi connectivity index (χ0) is 13.0. The Balaban J connectivity index is 2.38. The Morgan fingerprint density at radius 2 is 2.00 bits per heavy atom. The lowest BCUT2D eigenvalue weighted by Crippen LogP contribution is -1.97. The van der Waals surface area contributed by atoms with E-state index in [1.807, 2.05) is 0 Å². The van der Waals surface area contributed by atoms with Crippen LogP contribution in [0, 0.1) is 10.1 Å². The summed E-state index contributed by atoms with van der Waals surface area (Å²) < 4.78 is 0. The maximum Gasteiger partial charge on any atom is 0.301 e. The van der Waals surface area contributed by atoms with Gasteiger partial charge in [0.2, 0.25) is 0 Å². The fraction of sp³-hybridized carbons (Fsp3) is 0.0909. The minimum Gasteiger partial charge on any atom is -0.373 e. The summed E-state index contributed by atoms with van der Waals surface area (Å²) in [6.45, 7) is 0. The van der Waals surface area contributed by atoms with Crippen LogP contribution in [0.4, 0.5) is 11.5 Å². The third kappa shape index (κ3) is 2.75. The zero-order valence-electron chi connectivity index (χ0n) is 9.53. The van der Waals surface area contributed by atoms with E-state index in [1.165, 1.54) is 17.8 Å². The molecule has 0 bridgehead atoms. The number of nitrogens with zero attached hydrogens (tertiary/aromatic N) is 3. The van der Waals surface area contributed by atoms with Crippen LogP contribution in [0.15, 0.2) is 46.6 Å². The molecule has 6 nitrogen and oxygen atoms in total. The van der Waals surface area contributed by atoms with Gasteiger partial charge in [0.05, 0.1) is 4.92 Å². The molecule has 0 aliphatic rings. The molecule has 0 saturated heterocycles. The molecule has 0 atom stereocenters. The number of nitrogens with one attached hydrogen (secondary N) is 1. The van der Waals surface area contributed by atoms with Crippen LogP contribution >= 0.6 is 11.8 Å². The molecule has 0 spiro atoms. The molecule has 0 saturated carbocycles. The lowest BCUT2D eigenvalue weighted by Gasteiger charge is -2.04. The Morgan fingerprint density at radius 1 is 1.28 bits per heavy atom. The zero-order valence-corrected chi connectivity index (χ0v) is 10.3. The van der Waals surface area contributed by atoms with Gasteiger partial charge in [-0.2, -0.15) is 0 Å². The molecule has 0 radical (unpaired) electrons. The first-order chi connectivity index (χ1) is 8.70. The van der Waals surface area contributed by atoms with E-state index in [1.54, 1.807) is 37.6 Å². The van der Waals surface area contributed by atoms with Crippen LogP contribution in [0.1, 0.15) is 0 Å². The summed E-state index contributed by atoms with van der Waals surface area (Å²) in [5, 5.41) is 14.2. The smallest absolute Gasteiger partial charge is 0.301 e. The molecule has 0 unspecified atom stereocenters. The topological polar surface area (TPSA) is 81.0 Å². The van der Waals surface area contributed by atoms with Gasteiger partial charge in [-0.05, 0) is 18.2 Å². The summed E-state index contributed by atoms with van der Waals surface area (Å²) in [5.74, 6) is 0.595. The Bertz CT molecular complexity index is 562. The van der Waals surface area contributed by atoms with Crippen LogP contribution in [0.3, 0.4) is 0 Å².